The van der Waals surface area contributed by atoms with Crippen LogP contribution in [0.3, 0.4) is 0 Å². The molecule has 1 heterocycles. The summed E-state index contributed by atoms with van der Waals surface area (Å²) in [5.74, 6) is 1.57. The summed E-state index contributed by atoms with van der Waals surface area (Å²) < 4.78 is 8.35. The Labute approximate surface area is 140 Å². The van der Waals surface area contributed by atoms with Crippen LogP contribution in [-0.2, 0) is 6.61 Å². The zero-order valence-electron chi connectivity index (χ0n) is 13.5. The van der Waals surface area contributed by atoms with Gasteiger partial charge in [-0.15, -0.1) is 0 Å². The lowest BCUT2D eigenvalue weighted by atomic mass is 10.1. The summed E-state index contributed by atoms with van der Waals surface area (Å²) in [4.78, 5) is 0. The second-order valence-corrected chi connectivity index (χ2v) is 5.99. The summed E-state index contributed by atoms with van der Waals surface area (Å²) in [6.45, 7) is 6.58. The van der Waals surface area contributed by atoms with Crippen LogP contribution < -0.4 is 4.74 Å². The molecule has 0 aliphatic heterocycles. The quantitative estimate of drug-likeness (QED) is 0.721. The fourth-order valence-electron chi connectivity index (χ4n) is 2.44. The molecule has 0 unspecified atom stereocenters. The fourth-order valence-corrected chi connectivity index (χ4v) is 2.68. The first kappa shape index (κ1) is 15.5. The number of hydrogen-bond donors (Lipinski definition) is 1. The van der Waals surface area contributed by atoms with Gasteiger partial charge in [0.05, 0.1) is 5.69 Å². The Hall–Kier alpha value is -2.40. The molecule has 1 N–H and O–H groups in total. The highest BCUT2D eigenvalue weighted by molar-refractivity contribution is 7.71. The lowest BCUT2D eigenvalue weighted by Gasteiger charge is -2.12. The highest BCUT2D eigenvalue weighted by Gasteiger charge is 2.12. The summed E-state index contributed by atoms with van der Waals surface area (Å²) in [5.41, 5.74) is 4.64. The monoisotopic (exact) mass is 325 g/mol. The third kappa shape index (κ3) is 3.19. The van der Waals surface area contributed by atoms with Gasteiger partial charge in [0.25, 0.3) is 0 Å². The topological polar surface area (TPSA) is 42.8 Å². The molecule has 3 aromatic rings. The fraction of sp³-hybridized carbons (Fsp3) is 0.222. The number of aromatic nitrogens is 3. The Morgan fingerprint density at radius 2 is 1.83 bits per heavy atom. The average molecular weight is 325 g/mol. The van der Waals surface area contributed by atoms with Crippen LogP contribution in [0.15, 0.2) is 42.5 Å². The molecule has 0 atom stereocenters. The van der Waals surface area contributed by atoms with Crippen molar-refractivity contribution in [3.8, 4) is 11.4 Å². The van der Waals surface area contributed by atoms with Crippen molar-refractivity contribution >= 4 is 12.2 Å². The molecule has 0 saturated carbocycles. The molecule has 0 aliphatic carbocycles. The van der Waals surface area contributed by atoms with E-state index in [0.29, 0.717) is 11.4 Å². The first-order valence-electron chi connectivity index (χ1n) is 7.48. The molecule has 0 aliphatic rings. The van der Waals surface area contributed by atoms with Crippen LogP contribution >= 0.6 is 12.2 Å². The molecule has 118 valence electrons. The summed E-state index contributed by atoms with van der Waals surface area (Å²) in [6, 6.07) is 14.1. The standard InChI is InChI=1S/C18H19N3OS/c1-12-7-9-15(10-8-12)22-11-17-19-20-18(23)21(17)16-6-4-5-13(2)14(16)3/h4-10H,11H2,1-3H3,(H,20,23). The van der Waals surface area contributed by atoms with Crippen LogP contribution in [0.4, 0.5) is 0 Å². The number of nitrogens with zero attached hydrogens (tertiary/aromatic N) is 2. The first-order valence-corrected chi connectivity index (χ1v) is 7.89. The maximum Gasteiger partial charge on any atom is 0.199 e. The van der Waals surface area contributed by atoms with E-state index in [1.807, 2.05) is 41.0 Å². The average Bonchev–Trinajstić information content (AvgIpc) is 2.90. The number of ether oxygens (including phenoxy) is 1. The molecular weight excluding hydrogens is 306 g/mol. The molecule has 3 rings (SSSR count). The van der Waals surface area contributed by atoms with Gasteiger partial charge in [-0.1, -0.05) is 29.8 Å². The van der Waals surface area contributed by atoms with Gasteiger partial charge in [-0.3, -0.25) is 9.67 Å². The number of rotatable bonds is 4. The van der Waals surface area contributed by atoms with Gasteiger partial charge in [0, 0.05) is 0 Å². The molecule has 5 heteroatoms. The number of H-pyrrole nitrogens is 1. The zero-order valence-corrected chi connectivity index (χ0v) is 14.3. The maximum atomic E-state index is 5.84. The van der Waals surface area contributed by atoms with Crippen molar-refractivity contribution in [3.63, 3.8) is 0 Å². The molecule has 0 spiro atoms. The van der Waals surface area contributed by atoms with Gasteiger partial charge >= 0.3 is 0 Å². The number of nitrogens with one attached hydrogen (secondary N) is 1. The molecule has 0 radical (unpaired) electrons. The van der Waals surface area contributed by atoms with E-state index in [0.717, 1.165) is 17.3 Å². The van der Waals surface area contributed by atoms with E-state index in [1.165, 1.54) is 16.7 Å². The Morgan fingerprint density at radius 3 is 2.57 bits per heavy atom. The van der Waals surface area contributed by atoms with Gasteiger partial charge in [-0.05, 0) is 62.3 Å². The van der Waals surface area contributed by atoms with E-state index < -0.39 is 0 Å². The van der Waals surface area contributed by atoms with Gasteiger partial charge in [0.15, 0.2) is 10.6 Å². The molecule has 1 aromatic heterocycles. The minimum Gasteiger partial charge on any atom is -0.486 e. The van der Waals surface area contributed by atoms with Crippen molar-refractivity contribution in [2.24, 2.45) is 0 Å². The normalized spacial score (nSPS) is 10.7. The highest BCUT2D eigenvalue weighted by atomic mass is 32.1. The van der Waals surface area contributed by atoms with E-state index >= 15 is 0 Å². The highest BCUT2D eigenvalue weighted by Crippen LogP contribution is 2.20. The Morgan fingerprint density at radius 1 is 1.09 bits per heavy atom. The minimum atomic E-state index is 0.351. The molecule has 2 aromatic carbocycles. The van der Waals surface area contributed by atoms with E-state index in [4.69, 9.17) is 17.0 Å². The summed E-state index contributed by atoms with van der Waals surface area (Å²) >= 11 is 5.40. The number of aromatic amines is 1. The second-order valence-electron chi connectivity index (χ2n) is 5.60. The summed E-state index contributed by atoms with van der Waals surface area (Å²) in [5, 5.41) is 7.18. The van der Waals surface area contributed by atoms with Crippen molar-refractivity contribution in [3.05, 3.63) is 69.8 Å². The van der Waals surface area contributed by atoms with E-state index in [2.05, 4.69) is 37.0 Å². The van der Waals surface area contributed by atoms with Crippen LogP contribution in [0.1, 0.15) is 22.5 Å². The van der Waals surface area contributed by atoms with Crippen LogP contribution in [0, 0.1) is 25.5 Å². The third-order valence-corrected chi connectivity index (χ3v) is 4.22. The van der Waals surface area contributed by atoms with Crippen LogP contribution in [0.2, 0.25) is 0 Å². The van der Waals surface area contributed by atoms with Crippen LogP contribution in [-0.4, -0.2) is 14.8 Å². The maximum absolute atomic E-state index is 5.84. The molecular formula is C18H19N3OS. The summed E-state index contributed by atoms with van der Waals surface area (Å²) in [6.07, 6.45) is 0. The molecule has 0 saturated heterocycles. The van der Waals surface area contributed by atoms with Crippen LogP contribution in [0.5, 0.6) is 5.75 Å². The van der Waals surface area contributed by atoms with Gasteiger partial charge in [-0.25, -0.2) is 0 Å². The van der Waals surface area contributed by atoms with E-state index in [9.17, 15) is 0 Å². The SMILES string of the molecule is Cc1ccc(OCc2n[nH]c(=S)n2-c2cccc(C)c2C)cc1. The molecule has 23 heavy (non-hydrogen) atoms. The van der Waals surface area contributed by atoms with Crippen molar-refractivity contribution in [2.75, 3.05) is 0 Å². The Bertz CT molecular complexity index is 878. The Kier molecular flexibility index (Phi) is 4.30. The van der Waals surface area contributed by atoms with Crippen molar-refractivity contribution < 1.29 is 4.74 Å². The molecule has 4 nitrogen and oxygen atoms in total. The number of hydrogen-bond acceptors (Lipinski definition) is 3. The van der Waals surface area contributed by atoms with Crippen molar-refractivity contribution in [2.45, 2.75) is 27.4 Å². The van der Waals surface area contributed by atoms with Gasteiger partial charge in [0.1, 0.15) is 12.4 Å². The molecule has 0 fully saturated rings. The van der Waals surface area contributed by atoms with Crippen molar-refractivity contribution in [1.29, 1.82) is 0 Å². The molecule has 0 amide bonds. The smallest absolute Gasteiger partial charge is 0.199 e. The number of aryl methyl sites for hydroxylation is 2. The van der Waals surface area contributed by atoms with E-state index in [-0.39, 0.29) is 0 Å². The molecule has 0 bridgehead atoms. The van der Waals surface area contributed by atoms with E-state index in [1.54, 1.807) is 0 Å². The largest absolute Gasteiger partial charge is 0.486 e. The van der Waals surface area contributed by atoms with Gasteiger partial charge in [-0.2, -0.15) is 5.10 Å². The first-order chi connectivity index (χ1) is 11.1. The minimum absolute atomic E-state index is 0.351. The lowest BCUT2D eigenvalue weighted by Crippen LogP contribution is -2.07. The lowest BCUT2D eigenvalue weighted by molar-refractivity contribution is 0.293. The second kappa shape index (κ2) is 6.38. The predicted molar refractivity (Wildman–Crippen MR) is 93.7 cm³/mol. The zero-order chi connectivity index (χ0) is 16.4. The van der Waals surface area contributed by atoms with Gasteiger partial charge in [0.2, 0.25) is 0 Å². The third-order valence-electron chi connectivity index (χ3n) is 3.95. The van der Waals surface area contributed by atoms with Gasteiger partial charge < -0.3 is 4.74 Å². The summed E-state index contributed by atoms with van der Waals surface area (Å²) in [7, 11) is 0. The predicted octanol–water partition coefficient (Wildman–Crippen LogP) is 4.43. The number of benzene rings is 2. The Balaban J connectivity index is 1.91. The van der Waals surface area contributed by atoms with Crippen molar-refractivity contribution in [1.82, 2.24) is 14.8 Å². The van der Waals surface area contributed by atoms with Crippen LogP contribution in [0.25, 0.3) is 5.69 Å².